The lowest BCUT2D eigenvalue weighted by molar-refractivity contribution is -0.306. The number of nitrogens with zero attached hydrogens (tertiary/aromatic N) is 3. The van der Waals surface area contributed by atoms with Crippen LogP contribution in [0.1, 0.15) is 65.9 Å². The Hall–Kier alpha value is -4.62. The van der Waals surface area contributed by atoms with Crippen LogP contribution in [-0.2, 0) is 20.8 Å². The number of halogens is 3. The Balaban J connectivity index is 0.00000116. The van der Waals surface area contributed by atoms with E-state index in [1.807, 2.05) is 58.9 Å². The Kier molecular flexibility index (Phi) is 17.8. The van der Waals surface area contributed by atoms with Crippen molar-refractivity contribution in [2.75, 3.05) is 38.7 Å². The summed E-state index contributed by atoms with van der Waals surface area (Å²) in [4.78, 5) is 24.4. The van der Waals surface area contributed by atoms with Crippen LogP contribution < -0.4 is 15.4 Å². The first kappa shape index (κ1) is 41.6. The largest absolute Gasteiger partial charge is 0.572 e. The van der Waals surface area contributed by atoms with Gasteiger partial charge in [-0.3, -0.25) is 4.90 Å². The molecule has 0 saturated carbocycles. The molecule has 13 heteroatoms. The summed E-state index contributed by atoms with van der Waals surface area (Å²) >= 11 is 0. The lowest BCUT2D eigenvalue weighted by Crippen LogP contribution is -2.36. The molecule has 1 saturated heterocycles. The molecule has 0 spiro atoms. The summed E-state index contributed by atoms with van der Waals surface area (Å²) < 4.78 is 59.4. The van der Waals surface area contributed by atoms with E-state index in [9.17, 15) is 18.0 Å². The second-order valence-corrected chi connectivity index (χ2v) is 10.4. The monoisotopic (exact) mass is 701 g/mol. The molecule has 5 rings (SSSR count). The third-order valence-corrected chi connectivity index (χ3v) is 6.57. The number of carbonyl (C=O) groups excluding carboxylic acids is 1. The second-order valence-electron chi connectivity index (χ2n) is 10.4. The highest BCUT2D eigenvalue weighted by Crippen LogP contribution is 2.34. The maximum absolute atomic E-state index is 13.0. The standard InChI is InChI=1S/C30H30F3N5O5.C3H8.2C2H6/c1-19-16-28(37-27(34-19)18-38-12-14-41-15-13-38)42-25-11-10-23(21-7-3-4-8-22(21)25)35-29(39)36-24-17-20(43-30(31,32)33)6-5-9-26(24)40-2;1-3-2;2*1-2/h3-5,7-11,16-17H,6,12-15,18H2,1-2H3,(H2,35,36,39);3H2,1-2H3;2*1-2H3. The summed E-state index contributed by atoms with van der Waals surface area (Å²) in [6, 6.07) is 11.8. The first-order chi connectivity index (χ1) is 24.1. The van der Waals surface area contributed by atoms with Gasteiger partial charge in [0, 0.05) is 48.1 Å². The summed E-state index contributed by atoms with van der Waals surface area (Å²) in [6.45, 7) is 17.7. The zero-order valence-corrected chi connectivity index (χ0v) is 30.2. The van der Waals surface area contributed by atoms with Crippen LogP contribution in [0.2, 0.25) is 0 Å². The van der Waals surface area contributed by atoms with E-state index >= 15 is 0 Å². The Morgan fingerprint density at radius 3 is 2.28 bits per heavy atom. The maximum atomic E-state index is 13.0. The highest BCUT2D eigenvalue weighted by Gasteiger charge is 2.32. The topological polar surface area (TPSA) is 107 Å². The lowest BCUT2D eigenvalue weighted by atomic mass is 10.1. The average Bonchev–Trinajstić information content (AvgIpc) is 3.28. The maximum Gasteiger partial charge on any atom is 0.572 e. The number of ether oxygens (including phenoxy) is 4. The van der Waals surface area contributed by atoms with Gasteiger partial charge in [-0.15, -0.1) is 13.2 Å². The van der Waals surface area contributed by atoms with Crippen molar-refractivity contribution in [2.45, 2.75) is 74.2 Å². The van der Waals surface area contributed by atoms with E-state index in [4.69, 9.17) is 14.2 Å². The number of fused-ring (bicyclic) bond motifs is 1. The number of hydrogen-bond acceptors (Lipinski definition) is 8. The predicted molar refractivity (Wildman–Crippen MR) is 191 cm³/mol. The van der Waals surface area contributed by atoms with Crippen molar-refractivity contribution in [2.24, 2.45) is 0 Å². The number of amides is 2. The van der Waals surface area contributed by atoms with Gasteiger partial charge < -0.3 is 29.6 Å². The van der Waals surface area contributed by atoms with E-state index in [0.29, 0.717) is 53.7 Å². The first-order valence-corrected chi connectivity index (χ1v) is 16.9. The van der Waals surface area contributed by atoms with E-state index in [0.717, 1.165) is 24.9 Å². The smallest absolute Gasteiger partial charge is 0.495 e. The van der Waals surface area contributed by atoms with Crippen molar-refractivity contribution in [3.8, 4) is 11.6 Å². The van der Waals surface area contributed by atoms with Crippen LogP contribution in [-0.4, -0.2) is 60.7 Å². The van der Waals surface area contributed by atoms with Crippen molar-refractivity contribution in [3.05, 3.63) is 89.4 Å². The molecular weight excluding hydrogens is 651 g/mol. The predicted octanol–water partition coefficient (Wildman–Crippen LogP) is 9.39. The summed E-state index contributed by atoms with van der Waals surface area (Å²) in [6.07, 6.45) is 0.230. The number of methoxy groups -OCH3 is 1. The molecule has 2 aliphatic rings. The SMILES string of the molecule is CC.CC.CCC.COC1=C(NC(=O)Nc2ccc(Oc3cc(C)nc(CN4CCOCC4)n3)c3ccccc23)C=C(OC(F)(F)F)CC=C1. The fourth-order valence-electron chi connectivity index (χ4n) is 4.70. The van der Waals surface area contributed by atoms with Crippen LogP contribution in [0.4, 0.5) is 23.7 Å². The quantitative estimate of drug-likeness (QED) is 0.239. The van der Waals surface area contributed by atoms with Gasteiger partial charge in [-0.05, 0) is 25.1 Å². The number of rotatable bonds is 8. The van der Waals surface area contributed by atoms with Crippen LogP contribution in [0.15, 0.2) is 77.9 Å². The number of aryl methyl sites for hydroxylation is 1. The molecular formula is C37H50F3N5O5. The Labute approximate surface area is 293 Å². The molecule has 1 fully saturated rings. The summed E-state index contributed by atoms with van der Waals surface area (Å²) in [5.41, 5.74) is 1.22. The third kappa shape index (κ3) is 13.4. The minimum atomic E-state index is -4.87. The van der Waals surface area contributed by atoms with Crippen LogP contribution in [0.5, 0.6) is 11.6 Å². The van der Waals surface area contributed by atoms with Gasteiger partial charge in [0.25, 0.3) is 0 Å². The molecule has 50 heavy (non-hydrogen) atoms. The van der Waals surface area contributed by atoms with Crippen molar-refractivity contribution in [1.82, 2.24) is 20.2 Å². The van der Waals surface area contributed by atoms with Gasteiger partial charge >= 0.3 is 12.4 Å². The number of allylic oxidation sites excluding steroid dienone is 3. The first-order valence-electron chi connectivity index (χ1n) is 16.9. The lowest BCUT2D eigenvalue weighted by Gasteiger charge is -2.25. The molecule has 2 aromatic carbocycles. The third-order valence-electron chi connectivity index (χ3n) is 6.57. The number of morpholine rings is 1. The fraction of sp³-hybridized carbons (Fsp3) is 0.432. The highest BCUT2D eigenvalue weighted by atomic mass is 19.4. The molecule has 3 aromatic rings. The Morgan fingerprint density at radius 1 is 0.980 bits per heavy atom. The van der Waals surface area contributed by atoms with Gasteiger partial charge in [0.2, 0.25) is 5.88 Å². The number of carbonyl (C=O) groups is 1. The second kappa shape index (κ2) is 21.5. The number of alkyl halides is 3. The normalized spacial score (nSPS) is 14.3. The number of urea groups is 1. The number of hydrogen-bond donors (Lipinski definition) is 2. The molecule has 1 aliphatic carbocycles. The molecule has 0 unspecified atom stereocenters. The van der Waals surface area contributed by atoms with Crippen LogP contribution in [0, 0.1) is 6.92 Å². The molecule has 274 valence electrons. The minimum absolute atomic E-state index is 0.00396. The molecule has 2 amide bonds. The number of benzene rings is 2. The summed E-state index contributed by atoms with van der Waals surface area (Å²) in [5.74, 6) is 1.33. The fourth-order valence-corrected chi connectivity index (χ4v) is 4.70. The van der Waals surface area contributed by atoms with E-state index in [-0.39, 0.29) is 17.9 Å². The number of anilines is 1. The molecule has 1 aromatic heterocycles. The van der Waals surface area contributed by atoms with Gasteiger partial charge in [-0.1, -0.05) is 78.3 Å². The van der Waals surface area contributed by atoms with Gasteiger partial charge in [-0.25, -0.2) is 9.78 Å². The van der Waals surface area contributed by atoms with Gasteiger partial charge in [0.05, 0.1) is 38.3 Å². The van der Waals surface area contributed by atoms with Crippen LogP contribution >= 0.6 is 0 Å². The van der Waals surface area contributed by atoms with E-state index in [2.05, 4.69) is 44.1 Å². The summed E-state index contributed by atoms with van der Waals surface area (Å²) in [7, 11) is 1.35. The van der Waals surface area contributed by atoms with E-state index in [1.54, 1.807) is 18.2 Å². The molecule has 0 radical (unpaired) electrons. The average molecular weight is 702 g/mol. The molecule has 1 aliphatic heterocycles. The van der Waals surface area contributed by atoms with Crippen molar-refractivity contribution in [1.29, 1.82) is 0 Å². The molecule has 0 atom stereocenters. The Bertz CT molecular complexity index is 1600. The summed E-state index contributed by atoms with van der Waals surface area (Å²) in [5, 5.41) is 6.70. The molecule has 0 bridgehead atoms. The molecule has 2 N–H and O–H groups in total. The van der Waals surface area contributed by atoms with Crippen LogP contribution in [0.25, 0.3) is 10.8 Å². The van der Waals surface area contributed by atoms with Crippen LogP contribution in [0.3, 0.4) is 0 Å². The van der Waals surface area contributed by atoms with E-state index in [1.165, 1.54) is 25.7 Å². The van der Waals surface area contributed by atoms with Gasteiger partial charge in [0.1, 0.15) is 23.1 Å². The van der Waals surface area contributed by atoms with Gasteiger partial charge in [0.15, 0.2) is 0 Å². The Morgan fingerprint density at radius 2 is 1.64 bits per heavy atom. The highest BCUT2D eigenvalue weighted by molar-refractivity contribution is 6.04. The van der Waals surface area contributed by atoms with Crippen molar-refractivity contribution >= 4 is 22.5 Å². The van der Waals surface area contributed by atoms with Gasteiger partial charge in [-0.2, -0.15) is 4.98 Å². The zero-order chi connectivity index (χ0) is 37.1. The van der Waals surface area contributed by atoms with Crippen molar-refractivity contribution < 1.29 is 36.9 Å². The molecule has 2 heterocycles. The molecule has 10 nitrogen and oxygen atoms in total. The zero-order valence-electron chi connectivity index (χ0n) is 30.2. The number of nitrogens with one attached hydrogen (secondary N) is 2. The minimum Gasteiger partial charge on any atom is -0.495 e. The van der Waals surface area contributed by atoms with E-state index < -0.39 is 18.2 Å². The van der Waals surface area contributed by atoms with Crippen molar-refractivity contribution in [3.63, 3.8) is 0 Å². The number of aromatic nitrogens is 2.